The molecule has 6 rings (SSSR count). The highest BCUT2D eigenvalue weighted by atomic mass is 35.5. The minimum absolute atomic E-state index is 0.268. The molecule has 0 saturated carbocycles. The molecule has 5 aromatic heterocycles. The van der Waals surface area contributed by atoms with E-state index in [-0.39, 0.29) is 12.5 Å². The maximum atomic E-state index is 12.8. The van der Waals surface area contributed by atoms with Crippen LogP contribution in [0.4, 0.5) is 5.82 Å². The van der Waals surface area contributed by atoms with Crippen molar-refractivity contribution in [2.45, 2.75) is 13.1 Å². The van der Waals surface area contributed by atoms with Crippen molar-refractivity contribution >= 4 is 68.0 Å². The maximum Gasteiger partial charge on any atom is 0.254 e. The van der Waals surface area contributed by atoms with E-state index in [4.69, 9.17) is 28.9 Å². The first-order valence-electron chi connectivity index (χ1n) is 10.6. The highest BCUT2D eigenvalue weighted by Crippen LogP contribution is 2.27. The third kappa shape index (κ3) is 3.72. The van der Waals surface area contributed by atoms with Gasteiger partial charge < -0.3 is 25.6 Å². The van der Waals surface area contributed by atoms with Crippen molar-refractivity contribution in [2.75, 3.05) is 5.73 Å². The van der Waals surface area contributed by atoms with Gasteiger partial charge >= 0.3 is 0 Å². The fraction of sp³-hybridized carbons (Fsp3) is 0.0870. The fourth-order valence-electron chi connectivity index (χ4n) is 4.16. The molecule has 5 heterocycles. The number of nitrogen functional groups attached to an aromatic ring is 1. The number of imidazole rings is 1. The van der Waals surface area contributed by atoms with E-state index in [1.807, 2.05) is 22.8 Å². The molecule has 5 N–H and O–H groups in total. The number of amides is 1. The minimum atomic E-state index is -0.315. The Kier molecular flexibility index (Phi) is 5.05. The first-order chi connectivity index (χ1) is 17.0. The van der Waals surface area contributed by atoms with Crippen LogP contribution in [0.3, 0.4) is 0 Å². The molecule has 0 unspecified atom stereocenters. The van der Waals surface area contributed by atoms with E-state index in [0.29, 0.717) is 50.2 Å². The molecule has 0 atom stereocenters. The van der Waals surface area contributed by atoms with Gasteiger partial charge in [-0.1, -0.05) is 23.2 Å². The number of rotatable bonds is 5. The number of H-pyrrole nitrogens is 2. The van der Waals surface area contributed by atoms with E-state index in [9.17, 15) is 4.79 Å². The first-order valence-corrected chi connectivity index (χ1v) is 11.3. The Labute approximate surface area is 207 Å². The second kappa shape index (κ2) is 8.26. The second-order valence-corrected chi connectivity index (χ2v) is 8.85. The largest absolute Gasteiger partial charge is 0.382 e. The van der Waals surface area contributed by atoms with Crippen LogP contribution in [0.25, 0.3) is 33.1 Å². The second-order valence-electron chi connectivity index (χ2n) is 8.04. The van der Waals surface area contributed by atoms with E-state index in [0.717, 1.165) is 22.2 Å². The van der Waals surface area contributed by atoms with Gasteiger partial charge in [-0.05, 0) is 29.8 Å². The molecule has 1 amide bonds. The summed E-state index contributed by atoms with van der Waals surface area (Å²) in [5.41, 5.74) is 10.7. The Balaban J connectivity index is 1.27. The molecule has 0 saturated heterocycles. The lowest BCUT2D eigenvalue weighted by molar-refractivity contribution is 0.0950. The zero-order valence-corrected chi connectivity index (χ0v) is 19.5. The van der Waals surface area contributed by atoms with E-state index >= 15 is 0 Å². The molecule has 0 bridgehead atoms. The third-order valence-electron chi connectivity index (χ3n) is 5.81. The highest BCUT2D eigenvalue weighted by Gasteiger charge is 2.16. The molecular weight excluding hydrogens is 489 g/mol. The number of carbonyl (C=O) groups excluding carboxylic acids is 1. The van der Waals surface area contributed by atoms with Crippen LogP contribution >= 0.6 is 23.2 Å². The monoisotopic (exact) mass is 505 g/mol. The standard InChI is InChI=1S/C23H17Cl2N9O/c24-13-3-11-5-14(6-29-23(35)16-7-28-21-15(17(16)25)1-2-27-21)33-18(11)12(4-13)8-34-10-32-19-20(26)30-9-31-22(19)34/h1-5,7,9-10,33H,6,8H2,(H,27,28)(H,29,35)(H2,26,30,31). The van der Waals surface area contributed by atoms with Gasteiger partial charge in [-0.3, -0.25) is 4.79 Å². The minimum Gasteiger partial charge on any atom is -0.382 e. The van der Waals surface area contributed by atoms with Crippen LogP contribution in [0, 0.1) is 0 Å². The lowest BCUT2D eigenvalue weighted by Crippen LogP contribution is -2.23. The third-order valence-corrected chi connectivity index (χ3v) is 6.43. The summed E-state index contributed by atoms with van der Waals surface area (Å²) in [6.07, 6.45) is 6.28. The number of pyridine rings is 1. The SMILES string of the molecule is Nc1ncnc2c1ncn2Cc1cc(Cl)cc2cc(CNC(=O)c3cnc4[nH]ccc4c3Cl)[nH]c12. The number of aromatic nitrogens is 7. The van der Waals surface area contributed by atoms with Crippen molar-refractivity contribution in [3.05, 3.63) is 76.2 Å². The van der Waals surface area contributed by atoms with Gasteiger partial charge in [0.05, 0.1) is 35.5 Å². The fourth-order valence-corrected chi connectivity index (χ4v) is 4.70. The van der Waals surface area contributed by atoms with Gasteiger partial charge in [0, 0.05) is 33.9 Å². The zero-order chi connectivity index (χ0) is 24.1. The van der Waals surface area contributed by atoms with Gasteiger partial charge in [0.2, 0.25) is 0 Å². The average molecular weight is 506 g/mol. The summed E-state index contributed by atoms with van der Waals surface area (Å²) in [5, 5.41) is 5.47. The van der Waals surface area contributed by atoms with Crippen LogP contribution in [-0.4, -0.2) is 40.4 Å². The highest BCUT2D eigenvalue weighted by molar-refractivity contribution is 6.38. The maximum absolute atomic E-state index is 12.8. The summed E-state index contributed by atoms with van der Waals surface area (Å²) >= 11 is 12.8. The predicted molar refractivity (Wildman–Crippen MR) is 134 cm³/mol. The Morgan fingerprint density at radius 2 is 2.03 bits per heavy atom. The summed E-state index contributed by atoms with van der Waals surface area (Å²) in [5.74, 6) is 0.0125. The molecule has 0 aliphatic carbocycles. The van der Waals surface area contributed by atoms with E-state index in [2.05, 4.69) is 35.2 Å². The number of aromatic amines is 2. The molecule has 174 valence electrons. The number of carbonyl (C=O) groups is 1. The number of halogens is 2. The van der Waals surface area contributed by atoms with Gasteiger partial charge in [-0.25, -0.2) is 19.9 Å². The number of hydrogen-bond donors (Lipinski definition) is 4. The van der Waals surface area contributed by atoms with Gasteiger partial charge in [-0.2, -0.15) is 0 Å². The predicted octanol–water partition coefficient (Wildman–Crippen LogP) is 4.05. The first kappa shape index (κ1) is 21.4. The van der Waals surface area contributed by atoms with Crippen molar-refractivity contribution in [3.8, 4) is 0 Å². The lowest BCUT2D eigenvalue weighted by atomic mass is 10.1. The molecule has 0 spiro atoms. The van der Waals surface area contributed by atoms with Crippen LogP contribution in [0.2, 0.25) is 10.0 Å². The lowest BCUT2D eigenvalue weighted by Gasteiger charge is -2.07. The molecule has 0 fully saturated rings. The number of anilines is 1. The van der Waals surface area contributed by atoms with Crippen LogP contribution in [-0.2, 0) is 13.1 Å². The van der Waals surface area contributed by atoms with E-state index in [1.54, 1.807) is 18.6 Å². The summed E-state index contributed by atoms with van der Waals surface area (Å²) in [4.78, 5) is 36.0. The summed E-state index contributed by atoms with van der Waals surface area (Å²) in [6.45, 7) is 0.734. The summed E-state index contributed by atoms with van der Waals surface area (Å²) in [7, 11) is 0. The number of fused-ring (bicyclic) bond motifs is 3. The number of hydrogen-bond acceptors (Lipinski definition) is 6. The molecular formula is C23H17Cl2N9O. The number of nitrogens with one attached hydrogen (secondary N) is 3. The molecule has 10 nitrogen and oxygen atoms in total. The van der Waals surface area contributed by atoms with Crippen LogP contribution in [0.5, 0.6) is 0 Å². The quantitative estimate of drug-likeness (QED) is 0.278. The molecule has 0 aliphatic heterocycles. The van der Waals surface area contributed by atoms with Crippen LogP contribution < -0.4 is 11.1 Å². The van der Waals surface area contributed by atoms with Crippen molar-refractivity contribution < 1.29 is 4.79 Å². The Morgan fingerprint density at radius 3 is 2.91 bits per heavy atom. The van der Waals surface area contributed by atoms with Crippen LogP contribution in [0.15, 0.2) is 49.3 Å². The average Bonchev–Trinajstić information content (AvgIpc) is 3.57. The molecule has 12 heteroatoms. The molecule has 1 aromatic carbocycles. The smallest absolute Gasteiger partial charge is 0.254 e. The van der Waals surface area contributed by atoms with E-state index < -0.39 is 0 Å². The van der Waals surface area contributed by atoms with Crippen molar-refractivity contribution in [2.24, 2.45) is 0 Å². The van der Waals surface area contributed by atoms with Gasteiger partial charge in [-0.15, -0.1) is 0 Å². The molecule has 0 aliphatic rings. The van der Waals surface area contributed by atoms with Crippen molar-refractivity contribution in [1.29, 1.82) is 0 Å². The van der Waals surface area contributed by atoms with Gasteiger partial charge in [0.1, 0.15) is 17.5 Å². The summed E-state index contributed by atoms with van der Waals surface area (Å²) in [6, 6.07) is 7.49. The molecule has 35 heavy (non-hydrogen) atoms. The molecule has 6 aromatic rings. The van der Waals surface area contributed by atoms with Gasteiger partial charge in [0.15, 0.2) is 11.5 Å². The molecule has 0 radical (unpaired) electrons. The number of nitrogens with zero attached hydrogens (tertiary/aromatic N) is 5. The summed E-state index contributed by atoms with van der Waals surface area (Å²) < 4.78 is 1.88. The Morgan fingerprint density at radius 1 is 1.14 bits per heavy atom. The van der Waals surface area contributed by atoms with Crippen LogP contribution in [0.1, 0.15) is 21.6 Å². The van der Waals surface area contributed by atoms with E-state index in [1.165, 1.54) is 12.5 Å². The van der Waals surface area contributed by atoms with Crippen molar-refractivity contribution in [3.63, 3.8) is 0 Å². The number of nitrogens with two attached hydrogens (primary N) is 1. The van der Waals surface area contributed by atoms with Crippen molar-refractivity contribution in [1.82, 2.24) is 39.8 Å². The topological polar surface area (TPSA) is 143 Å². The normalized spacial score (nSPS) is 11.6. The Hall–Kier alpha value is -4.15. The number of benzene rings is 1. The zero-order valence-electron chi connectivity index (χ0n) is 18.0. The van der Waals surface area contributed by atoms with Gasteiger partial charge in [0.25, 0.3) is 5.91 Å². The Bertz CT molecular complexity index is 1750.